The Hall–Kier alpha value is -2.25. The van der Waals surface area contributed by atoms with Crippen molar-refractivity contribution in [2.45, 2.75) is 26.2 Å². The smallest absolute Gasteiger partial charge is 0.268 e. The SMILES string of the molecule is C[C@H]1CCc2c(sc3c2c(=O)n(-c2ccccc2)c2n[nH]c(=S)n32)C1. The normalized spacial score (nSPS) is 17.2. The second-order valence-corrected chi connectivity index (χ2v) is 8.14. The minimum absolute atomic E-state index is 0.00486. The Morgan fingerprint density at radius 1 is 1.32 bits per heavy atom. The lowest BCUT2D eigenvalue weighted by Crippen LogP contribution is -2.22. The number of aromatic amines is 1. The summed E-state index contributed by atoms with van der Waals surface area (Å²) in [6, 6.07) is 9.63. The highest BCUT2D eigenvalue weighted by Gasteiger charge is 2.25. The third kappa shape index (κ3) is 2.09. The third-order valence-corrected chi connectivity index (χ3v) is 6.50. The van der Waals surface area contributed by atoms with Gasteiger partial charge in [0.25, 0.3) is 5.56 Å². The van der Waals surface area contributed by atoms with Gasteiger partial charge >= 0.3 is 0 Å². The van der Waals surface area contributed by atoms with Crippen molar-refractivity contribution in [2.24, 2.45) is 5.92 Å². The van der Waals surface area contributed by atoms with E-state index in [0.29, 0.717) is 16.5 Å². The number of H-pyrrole nitrogens is 1. The van der Waals surface area contributed by atoms with E-state index >= 15 is 0 Å². The first-order valence-corrected chi connectivity index (χ1v) is 9.59. The van der Waals surface area contributed by atoms with Gasteiger partial charge in [0.1, 0.15) is 4.83 Å². The first-order chi connectivity index (χ1) is 12.1. The number of hydrogen-bond donors (Lipinski definition) is 1. The molecule has 126 valence electrons. The molecule has 0 saturated heterocycles. The number of aromatic nitrogens is 4. The molecule has 0 amide bonds. The average Bonchev–Trinajstić information content (AvgIpc) is 3.16. The Labute approximate surface area is 152 Å². The van der Waals surface area contributed by atoms with Crippen molar-refractivity contribution in [1.29, 1.82) is 0 Å². The quantitative estimate of drug-likeness (QED) is 0.519. The zero-order chi connectivity index (χ0) is 17.1. The van der Waals surface area contributed by atoms with Gasteiger partial charge in [-0.05, 0) is 55.1 Å². The first kappa shape index (κ1) is 15.0. The van der Waals surface area contributed by atoms with Gasteiger partial charge in [-0.25, -0.2) is 14.1 Å². The van der Waals surface area contributed by atoms with E-state index in [9.17, 15) is 4.79 Å². The van der Waals surface area contributed by atoms with Crippen LogP contribution in [0.4, 0.5) is 0 Å². The number of aryl methyl sites for hydroxylation is 1. The zero-order valence-electron chi connectivity index (χ0n) is 13.7. The number of thiophene rings is 1. The molecule has 0 fully saturated rings. The standard InChI is InChI=1S/C18H16N4OS2/c1-10-7-8-12-13(9-10)25-16-14(12)15(23)21(11-5-3-2-4-6-11)17-19-20-18(24)22(16)17/h2-6,10H,7-9H2,1H3,(H,20,24)/t10-/m0/s1. The van der Waals surface area contributed by atoms with Crippen LogP contribution in [0.15, 0.2) is 35.1 Å². The van der Waals surface area contributed by atoms with E-state index in [4.69, 9.17) is 12.2 Å². The fraction of sp³-hybridized carbons (Fsp3) is 0.278. The molecule has 0 aliphatic heterocycles. The molecule has 1 N–H and O–H groups in total. The summed E-state index contributed by atoms with van der Waals surface area (Å²) in [7, 11) is 0. The number of para-hydroxylation sites is 1. The number of hydrogen-bond acceptors (Lipinski definition) is 4. The molecule has 7 heteroatoms. The van der Waals surface area contributed by atoms with Crippen LogP contribution in [0.5, 0.6) is 0 Å². The number of benzene rings is 1. The minimum atomic E-state index is -0.00486. The van der Waals surface area contributed by atoms with Crippen LogP contribution in [0.3, 0.4) is 0 Å². The fourth-order valence-corrected chi connectivity index (χ4v) is 5.53. The average molecular weight is 368 g/mol. The Balaban J connectivity index is 2.00. The van der Waals surface area contributed by atoms with Crippen LogP contribution in [-0.4, -0.2) is 19.2 Å². The highest BCUT2D eigenvalue weighted by molar-refractivity contribution is 7.71. The molecular weight excluding hydrogens is 352 g/mol. The van der Waals surface area contributed by atoms with E-state index in [1.54, 1.807) is 15.9 Å². The van der Waals surface area contributed by atoms with Gasteiger partial charge in [0.2, 0.25) is 10.5 Å². The molecule has 1 aliphatic rings. The van der Waals surface area contributed by atoms with Crippen LogP contribution in [0.25, 0.3) is 21.7 Å². The van der Waals surface area contributed by atoms with Crippen LogP contribution >= 0.6 is 23.6 Å². The molecule has 3 aromatic heterocycles. The zero-order valence-corrected chi connectivity index (χ0v) is 15.3. The summed E-state index contributed by atoms with van der Waals surface area (Å²) in [6.07, 6.45) is 3.11. The molecule has 5 rings (SSSR count). The van der Waals surface area contributed by atoms with E-state index < -0.39 is 0 Å². The Kier molecular flexibility index (Phi) is 3.23. The minimum Gasteiger partial charge on any atom is -0.268 e. The number of fused-ring (bicyclic) bond motifs is 5. The van der Waals surface area contributed by atoms with Gasteiger partial charge in [0, 0.05) is 4.88 Å². The number of rotatable bonds is 1. The summed E-state index contributed by atoms with van der Waals surface area (Å²) in [5, 5.41) is 8.01. The molecular formula is C18H16N4OS2. The second-order valence-electron chi connectivity index (χ2n) is 6.67. The molecule has 1 aliphatic carbocycles. The Bertz CT molecular complexity index is 1230. The largest absolute Gasteiger partial charge is 0.268 e. The molecule has 0 unspecified atom stereocenters. The van der Waals surface area contributed by atoms with Crippen molar-refractivity contribution >= 4 is 39.5 Å². The highest BCUT2D eigenvalue weighted by Crippen LogP contribution is 2.37. The molecule has 25 heavy (non-hydrogen) atoms. The lowest BCUT2D eigenvalue weighted by atomic mass is 9.89. The van der Waals surface area contributed by atoms with E-state index in [2.05, 4.69) is 17.1 Å². The lowest BCUT2D eigenvalue weighted by molar-refractivity contribution is 0.509. The van der Waals surface area contributed by atoms with Gasteiger partial charge in [-0.15, -0.1) is 16.4 Å². The maximum Gasteiger partial charge on any atom is 0.268 e. The highest BCUT2D eigenvalue weighted by atomic mass is 32.1. The van der Waals surface area contributed by atoms with Crippen LogP contribution in [-0.2, 0) is 12.8 Å². The summed E-state index contributed by atoms with van der Waals surface area (Å²) in [5.74, 6) is 1.20. The van der Waals surface area contributed by atoms with Crippen molar-refractivity contribution in [3.05, 3.63) is 55.9 Å². The van der Waals surface area contributed by atoms with E-state index in [1.165, 1.54) is 10.4 Å². The van der Waals surface area contributed by atoms with Gasteiger partial charge in [-0.2, -0.15) is 0 Å². The molecule has 3 heterocycles. The fourth-order valence-electron chi connectivity index (χ4n) is 3.75. The van der Waals surface area contributed by atoms with E-state index in [-0.39, 0.29) is 5.56 Å². The summed E-state index contributed by atoms with van der Waals surface area (Å²) in [4.78, 5) is 15.7. The van der Waals surface area contributed by atoms with Crippen molar-refractivity contribution < 1.29 is 0 Å². The molecule has 1 aromatic carbocycles. The first-order valence-electron chi connectivity index (χ1n) is 8.37. The Morgan fingerprint density at radius 3 is 2.92 bits per heavy atom. The predicted molar refractivity (Wildman–Crippen MR) is 103 cm³/mol. The van der Waals surface area contributed by atoms with Gasteiger partial charge in [-0.3, -0.25) is 4.79 Å². The maximum absolute atomic E-state index is 13.4. The van der Waals surface area contributed by atoms with Crippen molar-refractivity contribution in [1.82, 2.24) is 19.2 Å². The predicted octanol–water partition coefficient (Wildman–Crippen LogP) is 3.88. The molecule has 0 bridgehead atoms. The van der Waals surface area contributed by atoms with Gasteiger partial charge in [0.15, 0.2) is 0 Å². The lowest BCUT2D eigenvalue weighted by Gasteiger charge is -2.17. The van der Waals surface area contributed by atoms with Gasteiger partial charge < -0.3 is 0 Å². The second kappa shape index (κ2) is 5.37. The number of nitrogens with one attached hydrogen (secondary N) is 1. The van der Waals surface area contributed by atoms with Crippen LogP contribution in [0.2, 0.25) is 0 Å². The maximum atomic E-state index is 13.4. The van der Waals surface area contributed by atoms with Crippen molar-refractivity contribution in [3.8, 4) is 5.69 Å². The molecule has 5 nitrogen and oxygen atoms in total. The van der Waals surface area contributed by atoms with E-state index in [1.807, 2.05) is 34.7 Å². The Morgan fingerprint density at radius 2 is 2.12 bits per heavy atom. The third-order valence-electron chi connectivity index (χ3n) is 4.98. The molecule has 0 saturated carbocycles. The van der Waals surface area contributed by atoms with Crippen LogP contribution in [0.1, 0.15) is 23.8 Å². The van der Waals surface area contributed by atoms with E-state index in [0.717, 1.165) is 35.2 Å². The van der Waals surface area contributed by atoms with Crippen LogP contribution < -0.4 is 5.56 Å². The summed E-state index contributed by atoms with van der Waals surface area (Å²) < 4.78 is 4.10. The molecule has 0 radical (unpaired) electrons. The summed E-state index contributed by atoms with van der Waals surface area (Å²) in [5.41, 5.74) is 2.00. The molecule has 1 atom stereocenters. The topological polar surface area (TPSA) is 55.1 Å². The monoisotopic (exact) mass is 368 g/mol. The summed E-state index contributed by atoms with van der Waals surface area (Å²) >= 11 is 7.16. The van der Waals surface area contributed by atoms with Crippen molar-refractivity contribution in [3.63, 3.8) is 0 Å². The van der Waals surface area contributed by atoms with Crippen molar-refractivity contribution in [2.75, 3.05) is 0 Å². The van der Waals surface area contributed by atoms with Crippen LogP contribution in [0, 0.1) is 10.7 Å². The number of nitrogens with zero attached hydrogens (tertiary/aromatic N) is 3. The summed E-state index contributed by atoms with van der Waals surface area (Å²) in [6.45, 7) is 2.27. The molecule has 0 spiro atoms. The molecule has 4 aromatic rings. The van der Waals surface area contributed by atoms with Gasteiger partial charge in [0.05, 0.1) is 11.1 Å². The van der Waals surface area contributed by atoms with Gasteiger partial charge in [-0.1, -0.05) is 25.1 Å².